The Bertz CT molecular complexity index is 671. The smallest absolute Gasteiger partial charge is 0.148 e. The highest BCUT2D eigenvalue weighted by atomic mass is 32.1. The van der Waals surface area contributed by atoms with Crippen molar-refractivity contribution in [1.29, 1.82) is 0 Å². The molecule has 3 aromatic rings. The van der Waals surface area contributed by atoms with Crippen LogP contribution in [0.2, 0.25) is 0 Å². The Morgan fingerprint density at radius 3 is 3.00 bits per heavy atom. The van der Waals surface area contributed by atoms with E-state index >= 15 is 0 Å². The molecule has 0 bridgehead atoms. The van der Waals surface area contributed by atoms with Crippen LogP contribution in [0.5, 0.6) is 5.75 Å². The molecule has 0 aliphatic heterocycles. The predicted molar refractivity (Wildman–Crippen MR) is 70.4 cm³/mol. The van der Waals surface area contributed by atoms with E-state index in [2.05, 4.69) is 9.97 Å². The third-order valence-corrected chi connectivity index (χ3v) is 3.50. The van der Waals surface area contributed by atoms with Crippen molar-refractivity contribution < 1.29 is 4.74 Å². The summed E-state index contributed by atoms with van der Waals surface area (Å²) < 4.78 is 5.16. The van der Waals surface area contributed by atoms with Gasteiger partial charge in [0.1, 0.15) is 17.1 Å². The van der Waals surface area contributed by atoms with Crippen LogP contribution in [-0.4, -0.2) is 17.1 Å². The monoisotopic (exact) mass is 245 g/mol. The van der Waals surface area contributed by atoms with E-state index in [4.69, 9.17) is 10.5 Å². The standard InChI is InChI=1S/C12H11N3OS/c1-16-7-5-10(17-6-7)12-14-9-4-2-3-8(13)11(9)15-12/h2-6H,13H2,1H3,(H,14,15). The molecule has 1 aromatic carbocycles. The quantitative estimate of drug-likeness (QED) is 0.682. The van der Waals surface area contributed by atoms with Gasteiger partial charge in [-0.3, -0.25) is 0 Å². The van der Waals surface area contributed by atoms with E-state index in [1.165, 1.54) is 0 Å². The number of nitrogens with zero attached hydrogens (tertiary/aromatic N) is 1. The zero-order valence-corrected chi connectivity index (χ0v) is 10.0. The molecule has 0 unspecified atom stereocenters. The zero-order chi connectivity index (χ0) is 11.8. The average molecular weight is 245 g/mol. The molecule has 0 aliphatic rings. The number of thiophene rings is 1. The Morgan fingerprint density at radius 1 is 1.41 bits per heavy atom. The van der Waals surface area contributed by atoms with Gasteiger partial charge < -0.3 is 15.5 Å². The van der Waals surface area contributed by atoms with E-state index < -0.39 is 0 Å². The lowest BCUT2D eigenvalue weighted by Gasteiger charge is -1.90. The molecule has 2 heterocycles. The Morgan fingerprint density at radius 2 is 2.29 bits per heavy atom. The first-order chi connectivity index (χ1) is 8.28. The molecule has 3 rings (SSSR count). The van der Waals surface area contributed by atoms with Crippen molar-refractivity contribution in [1.82, 2.24) is 9.97 Å². The van der Waals surface area contributed by atoms with Crippen LogP contribution in [0.15, 0.2) is 29.6 Å². The maximum Gasteiger partial charge on any atom is 0.148 e. The summed E-state index contributed by atoms with van der Waals surface area (Å²) >= 11 is 1.59. The summed E-state index contributed by atoms with van der Waals surface area (Å²) in [5.41, 5.74) is 8.33. The molecule has 0 aliphatic carbocycles. The van der Waals surface area contributed by atoms with Crippen LogP contribution in [0, 0.1) is 0 Å². The molecule has 0 fully saturated rings. The van der Waals surface area contributed by atoms with Crippen molar-refractivity contribution in [3.8, 4) is 16.5 Å². The number of aromatic nitrogens is 2. The number of anilines is 1. The van der Waals surface area contributed by atoms with E-state index in [9.17, 15) is 0 Å². The molecular weight excluding hydrogens is 234 g/mol. The SMILES string of the molecule is COc1csc(-c2nc3c(N)cccc3[nH]2)c1. The first kappa shape index (κ1) is 10.2. The molecule has 86 valence electrons. The van der Waals surface area contributed by atoms with Gasteiger partial charge in [-0.1, -0.05) is 6.07 Å². The Labute approximate surface area is 102 Å². The van der Waals surface area contributed by atoms with Crippen LogP contribution in [0.3, 0.4) is 0 Å². The molecule has 0 spiro atoms. The van der Waals surface area contributed by atoms with E-state index in [1.807, 2.05) is 29.6 Å². The predicted octanol–water partition coefficient (Wildman–Crippen LogP) is 2.88. The lowest BCUT2D eigenvalue weighted by atomic mass is 10.3. The summed E-state index contributed by atoms with van der Waals surface area (Å²) in [6, 6.07) is 7.68. The van der Waals surface area contributed by atoms with Gasteiger partial charge in [0.2, 0.25) is 0 Å². The number of fused-ring (bicyclic) bond motifs is 1. The summed E-state index contributed by atoms with van der Waals surface area (Å²) in [6.07, 6.45) is 0. The highest BCUT2D eigenvalue weighted by molar-refractivity contribution is 7.13. The fourth-order valence-electron chi connectivity index (χ4n) is 1.72. The van der Waals surface area contributed by atoms with Gasteiger partial charge in [-0.05, 0) is 12.1 Å². The fraction of sp³-hybridized carbons (Fsp3) is 0.0833. The van der Waals surface area contributed by atoms with Crippen molar-refractivity contribution >= 4 is 28.1 Å². The molecule has 5 heteroatoms. The van der Waals surface area contributed by atoms with Crippen LogP contribution in [0.1, 0.15) is 0 Å². The topological polar surface area (TPSA) is 63.9 Å². The number of imidazole rings is 1. The molecular formula is C12H11N3OS. The largest absolute Gasteiger partial charge is 0.496 e. The van der Waals surface area contributed by atoms with Crippen molar-refractivity contribution in [3.63, 3.8) is 0 Å². The van der Waals surface area contributed by atoms with Gasteiger partial charge in [0.25, 0.3) is 0 Å². The van der Waals surface area contributed by atoms with Crippen LogP contribution in [0.4, 0.5) is 5.69 Å². The Balaban J connectivity index is 2.14. The van der Waals surface area contributed by atoms with Gasteiger partial charge in [0, 0.05) is 11.4 Å². The molecule has 0 amide bonds. The second kappa shape index (κ2) is 3.78. The van der Waals surface area contributed by atoms with Gasteiger partial charge in [-0.15, -0.1) is 11.3 Å². The number of hydrogen-bond acceptors (Lipinski definition) is 4. The van der Waals surface area contributed by atoms with Crippen LogP contribution in [0.25, 0.3) is 21.7 Å². The number of methoxy groups -OCH3 is 1. The van der Waals surface area contributed by atoms with Gasteiger partial charge in [-0.25, -0.2) is 4.98 Å². The Kier molecular flexibility index (Phi) is 2.26. The van der Waals surface area contributed by atoms with E-state index in [0.29, 0.717) is 5.69 Å². The number of H-pyrrole nitrogens is 1. The maximum atomic E-state index is 5.88. The lowest BCUT2D eigenvalue weighted by molar-refractivity contribution is 0.417. The maximum absolute atomic E-state index is 5.88. The molecule has 0 radical (unpaired) electrons. The van der Waals surface area contributed by atoms with Crippen molar-refractivity contribution in [2.45, 2.75) is 0 Å². The molecule has 2 aromatic heterocycles. The van der Waals surface area contributed by atoms with Crippen molar-refractivity contribution in [2.24, 2.45) is 0 Å². The fourth-order valence-corrected chi connectivity index (χ4v) is 2.52. The van der Waals surface area contributed by atoms with E-state index in [-0.39, 0.29) is 0 Å². The van der Waals surface area contributed by atoms with Crippen molar-refractivity contribution in [3.05, 3.63) is 29.6 Å². The summed E-state index contributed by atoms with van der Waals surface area (Å²) in [5.74, 6) is 1.67. The molecule has 0 atom stereocenters. The number of nitrogen functional groups attached to an aromatic ring is 1. The van der Waals surface area contributed by atoms with E-state index in [1.54, 1.807) is 18.4 Å². The van der Waals surface area contributed by atoms with Gasteiger partial charge in [-0.2, -0.15) is 0 Å². The van der Waals surface area contributed by atoms with Crippen LogP contribution < -0.4 is 10.5 Å². The number of para-hydroxylation sites is 1. The minimum atomic E-state index is 0.688. The molecule has 0 saturated heterocycles. The second-order valence-electron chi connectivity index (χ2n) is 3.68. The van der Waals surface area contributed by atoms with Gasteiger partial charge in [0.15, 0.2) is 0 Å². The third kappa shape index (κ3) is 1.64. The molecule has 3 N–H and O–H groups in total. The highest BCUT2D eigenvalue weighted by Crippen LogP contribution is 2.31. The van der Waals surface area contributed by atoms with Crippen LogP contribution >= 0.6 is 11.3 Å². The zero-order valence-electron chi connectivity index (χ0n) is 9.23. The summed E-state index contributed by atoms with van der Waals surface area (Å²) in [5, 5.41) is 1.95. The second-order valence-corrected chi connectivity index (χ2v) is 4.59. The van der Waals surface area contributed by atoms with E-state index in [0.717, 1.165) is 27.5 Å². The number of aromatic amines is 1. The average Bonchev–Trinajstić information content (AvgIpc) is 2.95. The highest BCUT2D eigenvalue weighted by Gasteiger charge is 2.09. The Hall–Kier alpha value is -2.01. The number of nitrogens with one attached hydrogen (secondary N) is 1. The van der Waals surface area contributed by atoms with Crippen LogP contribution in [-0.2, 0) is 0 Å². The minimum absolute atomic E-state index is 0.688. The number of ether oxygens (including phenoxy) is 1. The lowest BCUT2D eigenvalue weighted by Crippen LogP contribution is -1.84. The first-order valence-electron chi connectivity index (χ1n) is 5.15. The third-order valence-electron chi connectivity index (χ3n) is 2.59. The summed E-state index contributed by atoms with van der Waals surface area (Å²) in [4.78, 5) is 8.80. The number of rotatable bonds is 2. The van der Waals surface area contributed by atoms with Gasteiger partial charge >= 0.3 is 0 Å². The number of nitrogens with two attached hydrogens (primary N) is 1. The number of benzene rings is 1. The molecule has 0 saturated carbocycles. The molecule has 4 nitrogen and oxygen atoms in total. The summed E-state index contributed by atoms with van der Waals surface area (Å²) in [7, 11) is 1.66. The van der Waals surface area contributed by atoms with Crippen molar-refractivity contribution in [2.75, 3.05) is 12.8 Å². The first-order valence-corrected chi connectivity index (χ1v) is 6.03. The molecule has 17 heavy (non-hydrogen) atoms. The minimum Gasteiger partial charge on any atom is -0.496 e. The summed E-state index contributed by atoms with van der Waals surface area (Å²) in [6.45, 7) is 0. The normalized spacial score (nSPS) is 10.9. The van der Waals surface area contributed by atoms with Gasteiger partial charge in [0.05, 0.1) is 23.2 Å². The number of hydrogen-bond donors (Lipinski definition) is 2.